The molecule has 33 heavy (non-hydrogen) atoms. The molecule has 0 saturated carbocycles. The molecule has 10 heteroatoms. The van der Waals surface area contributed by atoms with E-state index in [2.05, 4.69) is 32.1 Å². The minimum Gasteiger partial charge on any atom is -0.482 e. The molecule has 0 radical (unpaired) electrons. The van der Waals surface area contributed by atoms with Crippen LogP contribution in [0.15, 0.2) is 41.0 Å². The van der Waals surface area contributed by atoms with E-state index in [1.165, 1.54) is 18.2 Å². The number of rotatable bonds is 5. The van der Waals surface area contributed by atoms with Gasteiger partial charge in [0.15, 0.2) is 11.6 Å². The number of anilines is 1. The van der Waals surface area contributed by atoms with Crippen LogP contribution in [0.2, 0.25) is 0 Å². The van der Waals surface area contributed by atoms with Crippen LogP contribution in [0.4, 0.5) is 10.2 Å². The molecule has 1 amide bonds. The van der Waals surface area contributed by atoms with Gasteiger partial charge in [-0.1, -0.05) is 0 Å². The van der Waals surface area contributed by atoms with Crippen molar-refractivity contribution in [1.29, 1.82) is 5.26 Å². The van der Waals surface area contributed by atoms with E-state index in [0.717, 1.165) is 12.1 Å². The summed E-state index contributed by atoms with van der Waals surface area (Å²) in [5, 5.41) is 13.6. The van der Waals surface area contributed by atoms with Crippen molar-refractivity contribution in [2.24, 2.45) is 7.05 Å². The highest BCUT2D eigenvalue weighted by Crippen LogP contribution is 2.32. The number of nitriles is 1. The molecule has 8 nitrogen and oxygen atoms in total. The van der Waals surface area contributed by atoms with Crippen LogP contribution in [0, 0.1) is 17.1 Å². The second kappa shape index (κ2) is 9.19. The number of nitrogens with zero attached hydrogens (tertiary/aromatic N) is 5. The van der Waals surface area contributed by atoms with Crippen molar-refractivity contribution >= 4 is 27.7 Å². The van der Waals surface area contributed by atoms with Gasteiger partial charge >= 0.3 is 0 Å². The van der Waals surface area contributed by atoms with Crippen LogP contribution in [0.5, 0.6) is 5.75 Å². The van der Waals surface area contributed by atoms with Gasteiger partial charge in [-0.15, -0.1) is 0 Å². The zero-order valence-electron chi connectivity index (χ0n) is 18.1. The highest BCUT2D eigenvalue weighted by Gasteiger charge is 2.31. The number of hydrogen-bond donors (Lipinski definition) is 1. The maximum atomic E-state index is 14.1. The second-order valence-electron chi connectivity index (χ2n) is 7.96. The van der Waals surface area contributed by atoms with E-state index < -0.39 is 11.9 Å². The lowest BCUT2D eigenvalue weighted by molar-refractivity contribution is 0.0785. The number of likely N-dealkylation sites (tertiary alicyclic amines) is 1. The second-order valence-corrected chi connectivity index (χ2v) is 8.87. The number of aryl methyl sites for hydroxylation is 1. The number of hydrogen-bond acceptors (Lipinski definition) is 6. The molecule has 1 aliphatic rings. The molecular formula is C23H22BrFN6O2. The summed E-state index contributed by atoms with van der Waals surface area (Å²) in [6, 6.07) is 9.60. The Labute approximate surface area is 198 Å². The van der Waals surface area contributed by atoms with Gasteiger partial charge in [0.25, 0.3) is 5.91 Å². The summed E-state index contributed by atoms with van der Waals surface area (Å²) in [4.78, 5) is 19.2. The van der Waals surface area contributed by atoms with E-state index in [9.17, 15) is 14.4 Å². The number of benzene rings is 1. The maximum absolute atomic E-state index is 14.1. The molecule has 3 heterocycles. The SMILES string of the molecule is C[C@@H](Oc1cc(Br)cnc1N)c1cc(F)ccc1C(=O)N1CCC(c2cc(C#N)n(C)n2)C1. The first kappa shape index (κ1) is 22.7. The first-order valence-corrected chi connectivity index (χ1v) is 11.2. The summed E-state index contributed by atoms with van der Waals surface area (Å²) in [5.41, 5.74) is 7.96. The number of ether oxygens (including phenoxy) is 1. The van der Waals surface area contributed by atoms with Gasteiger partial charge in [0.2, 0.25) is 0 Å². The Morgan fingerprint density at radius 1 is 1.39 bits per heavy atom. The van der Waals surface area contributed by atoms with Gasteiger partial charge in [-0.25, -0.2) is 9.37 Å². The van der Waals surface area contributed by atoms with Gasteiger partial charge in [0.05, 0.1) is 5.69 Å². The van der Waals surface area contributed by atoms with E-state index in [1.807, 2.05) is 0 Å². The largest absolute Gasteiger partial charge is 0.482 e. The van der Waals surface area contributed by atoms with Crippen molar-refractivity contribution in [3.05, 3.63) is 69.3 Å². The number of pyridine rings is 1. The molecule has 3 aromatic rings. The van der Waals surface area contributed by atoms with Crippen LogP contribution >= 0.6 is 15.9 Å². The maximum Gasteiger partial charge on any atom is 0.254 e. The fourth-order valence-electron chi connectivity index (χ4n) is 3.99. The molecular weight excluding hydrogens is 491 g/mol. The van der Waals surface area contributed by atoms with Crippen molar-refractivity contribution in [2.75, 3.05) is 18.8 Å². The molecule has 170 valence electrons. The van der Waals surface area contributed by atoms with Crippen LogP contribution in [0.1, 0.15) is 52.7 Å². The standard InChI is InChI=1S/C23H22BrFN6O2/c1-13(33-21-7-15(24)11-28-22(21)27)19-8-16(25)3-4-18(19)23(32)31-6-5-14(12-31)20-9-17(10-26)30(2)29-20/h3-4,7-9,11,13-14H,5-6,12H2,1-2H3,(H2,27,28)/t13-,14?/m1/s1. The molecule has 2 aromatic heterocycles. The number of halogens is 2. The molecule has 0 spiro atoms. The highest BCUT2D eigenvalue weighted by molar-refractivity contribution is 9.10. The highest BCUT2D eigenvalue weighted by atomic mass is 79.9. The van der Waals surface area contributed by atoms with Gasteiger partial charge in [-0.2, -0.15) is 10.4 Å². The van der Waals surface area contributed by atoms with Gasteiger partial charge in [0, 0.05) is 47.9 Å². The van der Waals surface area contributed by atoms with Gasteiger partial charge in [0.1, 0.15) is 23.7 Å². The Morgan fingerprint density at radius 3 is 2.91 bits per heavy atom. The van der Waals surface area contributed by atoms with E-state index in [4.69, 9.17) is 10.5 Å². The van der Waals surface area contributed by atoms with Crippen LogP contribution in [-0.4, -0.2) is 38.7 Å². The van der Waals surface area contributed by atoms with Crippen molar-refractivity contribution in [1.82, 2.24) is 19.7 Å². The fraction of sp³-hybridized carbons (Fsp3) is 0.304. The predicted octanol–water partition coefficient (Wildman–Crippen LogP) is 3.94. The number of amides is 1. The van der Waals surface area contributed by atoms with Crippen molar-refractivity contribution in [3.8, 4) is 11.8 Å². The van der Waals surface area contributed by atoms with Crippen molar-refractivity contribution in [3.63, 3.8) is 0 Å². The molecule has 2 atom stereocenters. The monoisotopic (exact) mass is 512 g/mol. The Hall–Kier alpha value is -3.45. The van der Waals surface area contributed by atoms with E-state index in [1.54, 1.807) is 41.9 Å². The summed E-state index contributed by atoms with van der Waals surface area (Å²) < 4.78 is 22.3. The van der Waals surface area contributed by atoms with E-state index >= 15 is 0 Å². The Kier molecular flexibility index (Phi) is 6.33. The van der Waals surface area contributed by atoms with Gasteiger partial charge in [-0.05, 0) is 59.6 Å². The third-order valence-corrected chi connectivity index (χ3v) is 6.17. The van der Waals surface area contributed by atoms with Gasteiger partial charge < -0.3 is 15.4 Å². The van der Waals surface area contributed by atoms with Crippen LogP contribution in [0.25, 0.3) is 0 Å². The normalized spacial score (nSPS) is 16.5. The van der Waals surface area contributed by atoms with Crippen LogP contribution in [-0.2, 0) is 7.05 Å². The Bertz CT molecular complexity index is 1250. The minimum absolute atomic E-state index is 0.0346. The molecule has 1 unspecified atom stereocenters. The summed E-state index contributed by atoms with van der Waals surface area (Å²) in [6.45, 7) is 2.74. The molecule has 1 aromatic carbocycles. The first-order valence-electron chi connectivity index (χ1n) is 10.4. The minimum atomic E-state index is -0.648. The van der Waals surface area contributed by atoms with Gasteiger partial charge in [-0.3, -0.25) is 9.48 Å². The zero-order valence-corrected chi connectivity index (χ0v) is 19.7. The number of nitrogens with two attached hydrogens (primary N) is 1. The summed E-state index contributed by atoms with van der Waals surface area (Å²) in [5.74, 6) is -0.103. The van der Waals surface area contributed by atoms with Crippen LogP contribution in [0.3, 0.4) is 0 Å². The molecule has 4 rings (SSSR count). The summed E-state index contributed by atoms with van der Waals surface area (Å²) in [6.07, 6.45) is 1.64. The molecule has 1 aliphatic heterocycles. The average Bonchev–Trinajstić information content (AvgIpc) is 3.42. The lowest BCUT2D eigenvalue weighted by Gasteiger charge is -2.22. The van der Waals surface area contributed by atoms with Crippen molar-refractivity contribution in [2.45, 2.75) is 25.4 Å². The summed E-state index contributed by atoms with van der Waals surface area (Å²) >= 11 is 3.33. The molecule has 1 fully saturated rings. The first-order chi connectivity index (χ1) is 15.8. The lowest BCUT2D eigenvalue weighted by Crippen LogP contribution is -2.30. The molecule has 0 aliphatic carbocycles. The number of carbonyl (C=O) groups is 1. The Morgan fingerprint density at radius 2 is 2.18 bits per heavy atom. The van der Waals surface area contributed by atoms with E-state index in [0.29, 0.717) is 40.1 Å². The lowest BCUT2D eigenvalue weighted by atomic mass is 10.0. The quantitative estimate of drug-likeness (QED) is 0.554. The number of carbonyl (C=O) groups excluding carboxylic acids is 1. The molecule has 2 N–H and O–H groups in total. The molecule has 1 saturated heterocycles. The predicted molar refractivity (Wildman–Crippen MR) is 123 cm³/mol. The fourth-order valence-corrected chi connectivity index (χ4v) is 4.30. The number of aromatic nitrogens is 3. The molecule has 0 bridgehead atoms. The topological polar surface area (TPSA) is 110 Å². The zero-order chi connectivity index (χ0) is 23.7. The number of nitrogen functional groups attached to an aromatic ring is 1. The van der Waals surface area contributed by atoms with Crippen LogP contribution < -0.4 is 10.5 Å². The third-order valence-electron chi connectivity index (χ3n) is 5.74. The third kappa shape index (κ3) is 4.68. The average molecular weight is 513 g/mol. The summed E-state index contributed by atoms with van der Waals surface area (Å²) in [7, 11) is 1.72. The smallest absolute Gasteiger partial charge is 0.254 e. The van der Waals surface area contributed by atoms with E-state index in [-0.39, 0.29) is 17.6 Å². The van der Waals surface area contributed by atoms with Crippen molar-refractivity contribution < 1.29 is 13.9 Å². The Balaban J connectivity index is 1.56.